The number of nitrogens with zero attached hydrogens (tertiary/aromatic N) is 2. The van der Waals surface area contributed by atoms with Crippen LogP contribution in [0.5, 0.6) is 5.75 Å². The van der Waals surface area contributed by atoms with E-state index in [2.05, 4.69) is 4.98 Å². The molecule has 144 valence electrons. The van der Waals surface area contributed by atoms with Crippen molar-refractivity contribution in [1.29, 1.82) is 0 Å². The molecule has 0 aliphatic carbocycles. The number of aromatic nitrogens is 1. The fraction of sp³-hybridized carbons (Fsp3) is 0.190. The monoisotopic (exact) mass is 395 g/mol. The molecule has 0 aliphatic rings. The molecule has 0 aliphatic heterocycles. The number of ketones is 1. The van der Waals surface area contributed by atoms with E-state index in [4.69, 9.17) is 10.5 Å². The topological polar surface area (TPSA) is 85.5 Å². The Labute approximate surface area is 167 Å². The molecule has 0 radical (unpaired) electrons. The van der Waals surface area contributed by atoms with Crippen molar-refractivity contribution in [2.75, 3.05) is 25.9 Å². The van der Waals surface area contributed by atoms with Gasteiger partial charge in [-0.05, 0) is 36.2 Å². The number of carbonyl (C=O) groups is 2. The van der Waals surface area contributed by atoms with Gasteiger partial charge in [0.05, 0.1) is 11.1 Å². The van der Waals surface area contributed by atoms with Crippen LogP contribution in [-0.2, 0) is 11.2 Å². The van der Waals surface area contributed by atoms with Crippen LogP contribution in [0.2, 0.25) is 0 Å². The molecule has 1 amide bonds. The minimum Gasteiger partial charge on any atom is -0.484 e. The van der Waals surface area contributed by atoms with E-state index in [1.165, 1.54) is 11.8 Å². The summed E-state index contributed by atoms with van der Waals surface area (Å²) in [5.41, 5.74) is 7.27. The van der Waals surface area contributed by atoms with E-state index in [1.54, 1.807) is 36.2 Å². The van der Waals surface area contributed by atoms with E-state index in [9.17, 15) is 9.59 Å². The van der Waals surface area contributed by atoms with E-state index in [0.29, 0.717) is 27.9 Å². The molecule has 0 atom stereocenters. The molecule has 0 unspecified atom stereocenters. The quantitative estimate of drug-likeness (QED) is 0.593. The van der Waals surface area contributed by atoms with Crippen molar-refractivity contribution in [2.45, 2.75) is 6.42 Å². The maximum Gasteiger partial charge on any atom is 0.260 e. The standard InChI is InChI=1S/C21H21N3O3S/c1-24(12-11-15-5-3-2-4-6-15)19(25)14-27-17-9-7-16(8-10-17)20(26)18-13-23-21(22)28-18/h2-10,13H,11-12,14H2,1H3,(H2,22,23). The summed E-state index contributed by atoms with van der Waals surface area (Å²) in [4.78, 5) is 30.6. The second-order valence-electron chi connectivity index (χ2n) is 6.26. The molecule has 0 saturated carbocycles. The Morgan fingerprint density at radius 2 is 1.82 bits per heavy atom. The van der Waals surface area contributed by atoms with Crippen molar-refractivity contribution in [3.8, 4) is 5.75 Å². The summed E-state index contributed by atoms with van der Waals surface area (Å²) in [6.07, 6.45) is 2.26. The van der Waals surface area contributed by atoms with Crippen molar-refractivity contribution in [3.63, 3.8) is 0 Å². The highest BCUT2D eigenvalue weighted by Crippen LogP contribution is 2.20. The fourth-order valence-electron chi connectivity index (χ4n) is 2.56. The molecule has 3 aromatic rings. The Kier molecular flexibility index (Phi) is 6.39. The number of nitrogen functional groups attached to an aromatic ring is 1. The summed E-state index contributed by atoms with van der Waals surface area (Å²) in [5.74, 6) is 0.291. The molecule has 0 fully saturated rings. The molecule has 28 heavy (non-hydrogen) atoms. The summed E-state index contributed by atoms with van der Waals surface area (Å²) in [7, 11) is 1.76. The Morgan fingerprint density at radius 1 is 1.11 bits per heavy atom. The number of benzene rings is 2. The van der Waals surface area contributed by atoms with Gasteiger partial charge in [0, 0.05) is 19.2 Å². The smallest absolute Gasteiger partial charge is 0.260 e. The summed E-state index contributed by atoms with van der Waals surface area (Å²) in [6, 6.07) is 16.7. The predicted molar refractivity (Wildman–Crippen MR) is 110 cm³/mol. The van der Waals surface area contributed by atoms with Crippen molar-refractivity contribution < 1.29 is 14.3 Å². The van der Waals surface area contributed by atoms with Crippen LogP contribution in [0.15, 0.2) is 60.8 Å². The lowest BCUT2D eigenvalue weighted by molar-refractivity contribution is -0.132. The molecule has 3 rings (SSSR count). The van der Waals surface area contributed by atoms with Gasteiger partial charge in [-0.2, -0.15) is 0 Å². The first-order valence-electron chi connectivity index (χ1n) is 8.79. The second-order valence-corrected chi connectivity index (χ2v) is 7.32. The molecular weight excluding hydrogens is 374 g/mol. The first-order chi connectivity index (χ1) is 13.5. The minimum atomic E-state index is -0.141. The third-order valence-electron chi connectivity index (χ3n) is 4.23. The normalized spacial score (nSPS) is 10.5. The summed E-state index contributed by atoms with van der Waals surface area (Å²) >= 11 is 1.15. The largest absolute Gasteiger partial charge is 0.484 e. The van der Waals surface area contributed by atoms with Crippen LogP contribution < -0.4 is 10.5 Å². The van der Waals surface area contributed by atoms with Crippen LogP contribution >= 0.6 is 11.3 Å². The predicted octanol–water partition coefficient (Wildman–Crippen LogP) is 3.04. The lowest BCUT2D eigenvalue weighted by atomic mass is 10.1. The number of anilines is 1. The number of likely N-dealkylation sites (N-methyl/N-ethyl adjacent to an activating group) is 1. The number of hydrogen-bond donors (Lipinski definition) is 1. The van der Waals surface area contributed by atoms with Gasteiger partial charge in [0.2, 0.25) is 5.78 Å². The number of rotatable bonds is 8. The molecule has 2 N–H and O–H groups in total. The van der Waals surface area contributed by atoms with Gasteiger partial charge in [-0.25, -0.2) is 4.98 Å². The maximum absolute atomic E-state index is 12.3. The van der Waals surface area contributed by atoms with Crippen LogP contribution in [0.25, 0.3) is 0 Å². The van der Waals surface area contributed by atoms with Gasteiger partial charge in [-0.15, -0.1) is 0 Å². The Hall–Kier alpha value is -3.19. The lowest BCUT2D eigenvalue weighted by Crippen LogP contribution is -2.33. The van der Waals surface area contributed by atoms with E-state index < -0.39 is 0 Å². The molecule has 6 nitrogen and oxygen atoms in total. The van der Waals surface area contributed by atoms with E-state index in [0.717, 1.165) is 17.8 Å². The Bertz CT molecular complexity index is 939. The van der Waals surface area contributed by atoms with Gasteiger partial charge in [-0.1, -0.05) is 41.7 Å². The van der Waals surface area contributed by atoms with E-state index in [-0.39, 0.29) is 18.3 Å². The fourth-order valence-corrected chi connectivity index (χ4v) is 3.21. The molecule has 7 heteroatoms. The molecule has 1 aromatic heterocycles. The zero-order valence-corrected chi connectivity index (χ0v) is 16.3. The second kappa shape index (κ2) is 9.14. The number of ether oxygens (including phenoxy) is 1. The highest BCUT2D eigenvalue weighted by molar-refractivity contribution is 7.17. The van der Waals surface area contributed by atoms with Crippen LogP contribution in [0.1, 0.15) is 20.8 Å². The van der Waals surface area contributed by atoms with Gasteiger partial charge in [0.1, 0.15) is 5.75 Å². The number of nitrogens with two attached hydrogens (primary N) is 1. The van der Waals surface area contributed by atoms with Gasteiger partial charge in [-0.3, -0.25) is 9.59 Å². The third-order valence-corrected chi connectivity index (χ3v) is 5.06. The molecule has 2 aromatic carbocycles. The summed E-state index contributed by atoms with van der Waals surface area (Å²) in [6.45, 7) is 0.571. The summed E-state index contributed by atoms with van der Waals surface area (Å²) < 4.78 is 5.55. The molecule has 0 bridgehead atoms. The van der Waals surface area contributed by atoms with Crippen LogP contribution in [0.3, 0.4) is 0 Å². The van der Waals surface area contributed by atoms with Crippen LogP contribution in [0.4, 0.5) is 5.13 Å². The number of thiazole rings is 1. The molecule has 1 heterocycles. The van der Waals surface area contributed by atoms with Crippen molar-refractivity contribution in [1.82, 2.24) is 9.88 Å². The highest BCUT2D eigenvalue weighted by Gasteiger charge is 2.13. The van der Waals surface area contributed by atoms with E-state index in [1.807, 2.05) is 30.3 Å². The maximum atomic E-state index is 12.3. The Morgan fingerprint density at radius 3 is 2.46 bits per heavy atom. The number of amides is 1. The average Bonchev–Trinajstić information content (AvgIpc) is 3.17. The van der Waals surface area contributed by atoms with Gasteiger partial charge >= 0.3 is 0 Å². The van der Waals surface area contributed by atoms with Crippen molar-refractivity contribution >= 4 is 28.2 Å². The van der Waals surface area contributed by atoms with Gasteiger partial charge in [0.25, 0.3) is 5.91 Å². The number of hydrogen-bond acceptors (Lipinski definition) is 6. The third kappa shape index (κ3) is 5.17. The van der Waals surface area contributed by atoms with Gasteiger partial charge < -0.3 is 15.4 Å². The first kappa shape index (κ1) is 19.6. The zero-order valence-electron chi connectivity index (χ0n) is 15.5. The average molecular weight is 395 g/mol. The van der Waals surface area contributed by atoms with Crippen molar-refractivity contribution in [2.24, 2.45) is 0 Å². The zero-order chi connectivity index (χ0) is 19.9. The first-order valence-corrected chi connectivity index (χ1v) is 9.61. The molecule has 0 spiro atoms. The summed E-state index contributed by atoms with van der Waals surface area (Å²) in [5, 5.41) is 0.359. The Balaban J connectivity index is 1.48. The highest BCUT2D eigenvalue weighted by atomic mass is 32.1. The SMILES string of the molecule is CN(CCc1ccccc1)C(=O)COc1ccc(C(=O)c2cnc(N)s2)cc1. The number of carbonyl (C=O) groups excluding carboxylic acids is 2. The van der Waals surface area contributed by atoms with Crippen LogP contribution in [0, 0.1) is 0 Å². The van der Waals surface area contributed by atoms with E-state index >= 15 is 0 Å². The lowest BCUT2D eigenvalue weighted by Gasteiger charge is -2.17. The van der Waals surface area contributed by atoms with Crippen molar-refractivity contribution in [3.05, 3.63) is 76.8 Å². The van der Waals surface area contributed by atoms with Crippen LogP contribution in [-0.4, -0.2) is 41.8 Å². The minimum absolute atomic E-state index is 0.0516. The van der Waals surface area contributed by atoms with Gasteiger partial charge in [0.15, 0.2) is 11.7 Å². The molecular formula is C21H21N3O3S. The molecule has 0 saturated heterocycles.